The number of nitrogens with two attached hydrogens (primary N) is 2. The number of hydrogen-bond donors (Lipinski definition) is 2. The van der Waals surface area contributed by atoms with Gasteiger partial charge in [0.15, 0.2) is 0 Å². The van der Waals surface area contributed by atoms with Crippen molar-refractivity contribution in [3.05, 3.63) is 34.1 Å². The lowest BCUT2D eigenvalue weighted by molar-refractivity contribution is -0.118. The van der Waals surface area contributed by atoms with Crippen molar-refractivity contribution >= 4 is 21.8 Å². The molecule has 0 bridgehead atoms. The van der Waals surface area contributed by atoms with Crippen LogP contribution in [-0.4, -0.2) is 5.91 Å². The second-order valence-electron chi connectivity index (χ2n) is 2.94. The Balaban J connectivity index is 2.90. The molecule has 4 N–H and O–H groups in total. The van der Waals surface area contributed by atoms with Gasteiger partial charge in [0.25, 0.3) is 0 Å². The summed E-state index contributed by atoms with van der Waals surface area (Å²) in [5.74, 6) is -0.979. The third-order valence-electron chi connectivity index (χ3n) is 1.78. The molecule has 0 fully saturated rings. The molecule has 0 heterocycles. The van der Waals surface area contributed by atoms with Crippen molar-refractivity contribution in [2.24, 2.45) is 11.5 Å². The average Bonchev–Trinajstić information content (AvgIpc) is 2.01. The number of rotatable bonds is 3. The van der Waals surface area contributed by atoms with Gasteiger partial charge in [-0.15, -0.1) is 0 Å². The molecule has 0 radical (unpaired) electrons. The van der Waals surface area contributed by atoms with Gasteiger partial charge in [-0.05, 0) is 12.1 Å². The molecule has 3 nitrogen and oxygen atoms in total. The first kappa shape index (κ1) is 11.1. The highest BCUT2D eigenvalue weighted by Crippen LogP contribution is 2.21. The number of hydrogen-bond acceptors (Lipinski definition) is 2. The highest BCUT2D eigenvalue weighted by Gasteiger charge is 2.13. The molecular formula is C9H10BrFN2O. The van der Waals surface area contributed by atoms with Gasteiger partial charge in [-0.2, -0.15) is 0 Å². The lowest BCUT2D eigenvalue weighted by atomic mass is 10.0. The predicted octanol–water partition coefficient (Wildman–Crippen LogP) is 1.46. The molecule has 5 heteroatoms. The normalized spacial score (nSPS) is 12.5. The number of carbonyl (C=O) groups excluding carboxylic acids is 1. The zero-order valence-corrected chi connectivity index (χ0v) is 8.92. The first-order valence-electron chi connectivity index (χ1n) is 3.99. The minimum Gasteiger partial charge on any atom is -0.370 e. The predicted molar refractivity (Wildman–Crippen MR) is 54.8 cm³/mol. The molecule has 0 aliphatic carbocycles. The van der Waals surface area contributed by atoms with Crippen LogP contribution in [0.1, 0.15) is 18.0 Å². The van der Waals surface area contributed by atoms with Crippen LogP contribution in [0.5, 0.6) is 0 Å². The number of halogens is 2. The lowest BCUT2D eigenvalue weighted by Gasteiger charge is -2.10. The van der Waals surface area contributed by atoms with Crippen LogP contribution in [0.3, 0.4) is 0 Å². The highest BCUT2D eigenvalue weighted by molar-refractivity contribution is 9.10. The fourth-order valence-electron chi connectivity index (χ4n) is 1.13. The van der Waals surface area contributed by atoms with Gasteiger partial charge in [0.2, 0.25) is 5.91 Å². The number of benzene rings is 1. The molecule has 1 unspecified atom stereocenters. The Morgan fingerprint density at radius 3 is 2.71 bits per heavy atom. The van der Waals surface area contributed by atoms with Gasteiger partial charge < -0.3 is 11.5 Å². The first-order chi connectivity index (χ1) is 6.50. The summed E-state index contributed by atoms with van der Waals surface area (Å²) in [6, 6.07) is 3.82. The number of amides is 1. The Morgan fingerprint density at radius 1 is 1.57 bits per heavy atom. The molecule has 14 heavy (non-hydrogen) atoms. The molecular weight excluding hydrogens is 251 g/mol. The first-order valence-corrected chi connectivity index (χ1v) is 4.79. The molecule has 0 spiro atoms. The van der Waals surface area contributed by atoms with Crippen LogP contribution in [0, 0.1) is 5.82 Å². The number of primary amides is 1. The second kappa shape index (κ2) is 4.52. The maximum absolute atomic E-state index is 13.3. The van der Waals surface area contributed by atoms with E-state index in [-0.39, 0.29) is 6.42 Å². The molecule has 1 rings (SSSR count). The van der Waals surface area contributed by atoms with Gasteiger partial charge in [0, 0.05) is 22.5 Å². The summed E-state index contributed by atoms with van der Waals surface area (Å²) in [7, 11) is 0. The summed E-state index contributed by atoms with van der Waals surface area (Å²) >= 11 is 3.12. The summed E-state index contributed by atoms with van der Waals surface area (Å²) < 4.78 is 13.9. The Morgan fingerprint density at radius 2 is 2.21 bits per heavy atom. The fraction of sp³-hybridized carbons (Fsp3) is 0.222. The summed E-state index contributed by atoms with van der Waals surface area (Å²) in [5.41, 5.74) is 10.8. The van der Waals surface area contributed by atoms with Gasteiger partial charge in [-0.3, -0.25) is 4.79 Å². The van der Waals surface area contributed by atoms with Crippen LogP contribution < -0.4 is 11.5 Å². The van der Waals surface area contributed by atoms with E-state index < -0.39 is 17.8 Å². The topological polar surface area (TPSA) is 69.1 Å². The molecule has 1 atom stereocenters. The summed E-state index contributed by atoms with van der Waals surface area (Å²) in [5, 5.41) is 0. The standard InChI is InChI=1S/C9H10BrFN2O/c10-5-1-2-6(7(11)3-5)8(12)4-9(13)14/h1-3,8H,4,12H2,(H2,13,14). The molecule has 1 amide bonds. The van der Waals surface area contributed by atoms with E-state index in [1.807, 2.05) is 0 Å². The van der Waals surface area contributed by atoms with Crippen LogP contribution in [-0.2, 0) is 4.79 Å². The molecule has 0 aliphatic rings. The average molecular weight is 261 g/mol. The summed E-state index contributed by atoms with van der Waals surface area (Å²) in [4.78, 5) is 10.6. The van der Waals surface area contributed by atoms with Gasteiger partial charge in [-0.1, -0.05) is 22.0 Å². The summed E-state index contributed by atoms with van der Waals surface area (Å²) in [6.07, 6.45) is -0.0570. The van der Waals surface area contributed by atoms with Crippen molar-refractivity contribution in [3.8, 4) is 0 Å². The van der Waals surface area contributed by atoms with Crippen molar-refractivity contribution in [2.45, 2.75) is 12.5 Å². The van der Waals surface area contributed by atoms with Crippen molar-refractivity contribution in [1.29, 1.82) is 0 Å². The summed E-state index contributed by atoms with van der Waals surface area (Å²) in [6.45, 7) is 0. The zero-order chi connectivity index (χ0) is 10.7. The van der Waals surface area contributed by atoms with Crippen LogP contribution in [0.25, 0.3) is 0 Å². The molecule has 76 valence electrons. The molecule has 0 saturated heterocycles. The van der Waals surface area contributed by atoms with Crippen molar-refractivity contribution in [1.82, 2.24) is 0 Å². The van der Waals surface area contributed by atoms with Crippen molar-refractivity contribution < 1.29 is 9.18 Å². The molecule has 1 aromatic carbocycles. The lowest BCUT2D eigenvalue weighted by Crippen LogP contribution is -2.21. The van der Waals surface area contributed by atoms with Crippen LogP contribution >= 0.6 is 15.9 Å². The minimum absolute atomic E-state index is 0.0570. The van der Waals surface area contributed by atoms with Gasteiger partial charge in [-0.25, -0.2) is 4.39 Å². The fourth-order valence-corrected chi connectivity index (χ4v) is 1.46. The SMILES string of the molecule is NC(=O)CC(N)c1ccc(Br)cc1F. The van der Waals surface area contributed by atoms with Gasteiger partial charge in [0.05, 0.1) is 0 Å². The van der Waals surface area contributed by atoms with E-state index in [1.165, 1.54) is 12.1 Å². The largest absolute Gasteiger partial charge is 0.370 e. The maximum Gasteiger partial charge on any atom is 0.219 e. The molecule has 0 saturated carbocycles. The van der Waals surface area contributed by atoms with E-state index in [4.69, 9.17) is 11.5 Å². The maximum atomic E-state index is 13.3. The van der Waals surface area contributed by atoms with Crippen molar-refractivity contribution in [2.75, 3.05) is 0 Å². The van der Waals surface area contributed by atoms with Crippen LogP contribution in [0.2, 0.25) is 0 Å². The van der Waals surface area contributed by atoms with E-state index in [2.05, 4.69) is 15.9 Å². The third-order valence-corrected chi connectivity index (χ3v) is 2.28. The van der Waals surface area contributed by atoms with Crippen molar-refractivity contribution in [3.63, 3.8) is 0 Å². The van der Waals surface area contributed by atoms with Gasteiger partial charge >= 0.3 is 0 Å². The smallest absolute Gasteiger partial charge is 0.219 e. The molecule has 0 aliphatic heterocycles. The Labute approximate surface area is 89.4 Å². The van der Waals surface area contributed by atoms with E-state index >= 15 is 0 Å². The van der Waals surface area contributed by atoms with E-state index in [0.29, 0.717) is 10.0 Å². The van der Waals surface area contributed by atoms with Crippen LogP contribution in [0.4, 0.5) is 4.39 Å². The van der Waals surface area contributed by atoms with E-state index in [9.17, 15) is 9.18 Å². The number of carbonyl (C=O) groups is 1. The quantitative estimate of drug-likeness (QED) is 0.864. The molecule has 0 aromatic heterocycles. The Hall–Kier alpha value is -0.940. The molecule has 1 aromatic rings. The zero-order valence-electron chi connectivity index (χ0n) is 7.34. The Kier molecular flexibility index (Phi) is 3.60. The van der Waals surface area contributed by atoms with Gasteiger partial charge in [0.1, 0.15) is 5.82 Å². The van der Waals surface area contributed by atoms with E-state index in [1.54, 1.807) is 6.07 Å². The Bertz CT molecular complexity index is 357. The highest BCUT2D eigenvalue weighted by atomic mass is 79.9. The third kappa shape index (κ3) is 2.78. The minimum atomic E-state index is -0.680. The van der Waals surface area contributed by atoms with E-state index in [0.717, 1.165) is 0 Å². The second-order valence-corrected chi connectivity index (χ2v) is 3.86. The monoisotopic (exact) mass is 260 g/mol. The van der Waals surface area contributed by atoms with Crippen LogP contribution in [0.15, 0.2) is 22.7 Å².